The second-order valence-corrected chi connectivity index (χ2v) is 7.58. The largest absolute Gasteiger partial charge is 0.497 e. The first-order valence-corrected chi connectivity index (χ1v) is 10.1. The minimum atomic E-state index is -0.403. The number of pyridine rings is 2. The molecule has 1 saturated carbocycles. The van der Waals surface area contributed by atoms with Crippen molar-refractivity contribution in [3.05, 3.63) is 59.6 Å². The molecular weight excluding hydrogens is 418 g/mol. The van der Waals surface area contributed by atoms with Crippen molar-refractivity contribution in [3.63, 3.8) is 0 Å². The van der Waals surface area contributed by atoms with E-state index < -0.39 is 6.03 Å². The van der Waals surface area contributed by atoms with Gasteiger partial charge < -0.3 is 15.4 Å². The van der Waals surface area contributed by atoms with Crippen LogP contribution < -0.4 is 15.4 Å². The van der Waals surface area contributed by atoms with Crippen molar-refractivity contribution in [2.24, 2.45) is 0 Å². The summed E-state index contributed by atoms with van der Waals surface area (Å²) in [6, 6.07) is 6.99. The molecule has 156 valence electrons. The monoisotopic (exact) mass is 435 g/mol. The molecular formula is C21H18ClN7O2. The number of carbonyl (C=O) groups is 1. The van der Waals surface area contributed by atoms with Crippen LogP contribution in [0.25, 0.3) is 16.7 Å². The summed E-state index contributed by atoms with van der Waals surface area (Å²) in [6.45, 7) is 0. The summed E-state index contributed by atoms with van der Waals surface area (Å²) in [5.41, 5.74) is 3.07. The van der Waals surface area contributed by atoms with Crippen LogP contribution in [0, 0.1) is 0 Å². The van der Waals surface area contributed by atoms with E-state index >= 15 is 0 Å². The number of methoxy groups -OCH3 is 1. The molecule has 0 bridgehead atoms. The molecule has 0 radical (unpaired) electrons. The second-order valence-electron chi connectivity index (χ2n) is 7.17. The van der Waals surface area contributed by atoms with Gasteiger partial charge in [0.2, 0.25) is 0 Å². The van der Waals surface area contributed by atoms with Crippen LogP contribution in [-0.2, 0) is 0 Å². The summed E-state index contributed by atoms with van der Waals surface area (Å²) < 4.78 is 5.30. The lowest BCUT2D eigenvalue weighted by atomic mass is 10.0. The highest BCUT2D eigenvalue weighted by molar-refractivity contribution is 6.32. The third-order valence-corrected chi connectivity index (χ3v) is 5.32. The molecule has 1 fully saturated rings. The molecule has 3 heterocycles. The minimum Gasteiger partial charge on any atom is -0.497 e. The van der Waals surface area contributed by atoms with Crippen LogP contribution >= 0.6 is 11.6 Å². The van der Waals surface area contributed by atoms with Gasteiger partial charge in [0.1, 0.15) is 5.75 Å². The van der Waals surface area contributed by atoms with E-state index in [-0.39, 0.29) is 0 Å². The zero-order chi connectivity index (χ0) is 21.4. The van der Waals surface area contributed by atoms with Crippen molar-refractivity contribution in [1.82, 2.24) is 25.0 Å². The van der Waals surface area contributed by atoms with Crippen molar-refractivity contribution >= 4 is 39.9 Å². The molecule has 9 nitrogen and oxygen atoms in total. The summed E-state index contributed by atoms with van der Waals surface area (Å²) in [5, 5.41) is 15.0. The number of anilines is 2. The Hall–Kier alpha value is -3.72. The normalized spacial score (nSPS) is 13.2. The van der Waals surface area contributed by atoms with Crippen molar-refractivity contribution in [2.75, 3.05) is 17.7 Å². The lowest BCUT2D eigenvalue weighted by Gasteiger charge is -2.14. The number of ether oxygens (including phenoxy) is 1. The number of hydrogen-bond donors (Lipinski definition) is 2. The van der Waals surface area contributed by atoms with Crippen molar-refractivity contribution in [1.29, 1.82) is 0 Å². The molecule has 1 aliphatic carbocycles. The van der Waals surface area contributed by atoms with E-state index in [1.807, 2.05) is 18.2 Å². The van der Waals surface area contributed by atoms with Crippen LogP contribution in [0.15, 0.2) is 49.1 Å². The fraction of sp³-hybridized carbons (Fsp3) is 0.190. The van der Waals surface area contributed by atoms with Gasteiger partial charge in [-0.15, -0.1) is 4.80 Å². The highest BCUT2D eigenvalue weighted by Gasteiger charge is 2.29. The third kappa shape index (κ3) is 3.87. The number of halogens is 1. The highest BCUT2D eigenvalue weighted by Crippen LogP contribution is 2.46. The molecule has 10 heteroatoms. The van der Waals surface area contributed by atoms with E-state index in [0.717, 1.165) is 35.1 Å². The number of amides is 2. The number of hydrogen-bond acceptors (Lipinski definition) is 6. The maximum Gasteiger partial charge on any atom is 0.323 e. The van der Waals surface area contributed by atoms with Crippen molar-refractivity contribution < 1.29 is 9.53 Å². The molecule has 2 N–H and O–H groups in total. The molecule has 0 spiro atoms. The SMILES string of the molecule is COc1ccc2c(C3CC3)c(NC(=O)Nc3cnc(-n4nccn4)c(Cl)c3)cnc2c1. The molecule has 4 aromatic rings. The predicted molar refractivity (Wildman–Crippen MR) is 117 cm³/mol. The number of rotatable bonds is 5. The fourth-order valence-corrected chi connectivity index (χ4v) is 3.73. The van der Waals surface area contributed by atoms with Gasteiger partial charge in [-0.05, 0) is 42.5 Å². The molecule has 31 heavy (non-hydrogen) atoms. The number of carbonyl (C=O) groups excluding carboxylic acids is 1. The smallest absolute Gasteiger partial charge is 0.323 e. The van der Waals surface area contributed by atoms with E-state index in [1.165, 1.54) is 23.4 Å². The van der Waals surface area contributed by atoms with Gasteiger partial charge in [0.05, 0.1) is 53.8 Å². The average Bonchev–Trinajstić information content (AvgIpc) is 3.46. The molecule has 5 rings (SSSR count). The minimum absolute atomic E-state index is 0.314. The van der Waals surface area contributed by atoms with Crippen LogP contribution in [0.4, 0.5) is 16.2 Å². The molecule has 0 unspecified atom stereocenters. The number of nitrogens with one attached hydrogen (secondary N) is 2. The quantitative estimate of drug-likeness (QED) is 0.481. The third-order valence-electron chi connectivity index (χ3n) is 5.04. The summed E-state index contributed by atoms with van der Waals surface area (Å²) in [6.07, 6.45) is 8.42. The van der Waals surface area contributed by atoms with E-state index in [1.54, 1.807) is 19.4 Å². The first kappa shape index (κ1) is 19.3. The standard InChI is InChI=1S/C21H18ClN7O2/c1-31-14-4-5-15-17(9-14)23-11-18(19(15)12-2-3-12)28-21(30)27-13-8-16(22)20(24-10-13)29-25-6-7-26-29/h4-12H,2-3H2,1H3,(H2,27,28,30). The maximum atomic E-state index is 12.7. The Morgan fingerprint density at radius 3 is 2.65 bits per heavy atom. The first-order valence-electron chi connectivity index (χ1n) is 9.69. The molecule has 2 amide bonds. The number of nitrogens with zero attached hydrogens (tertiary/aromatic N) is 5. The summed E-state index contributed by atoms with van der Waals surface area (Å²) >= 11 is 6.27. The Morgan fingerprint density at radius 2 is 1.94 bits per heavy atom. The zero-order valence-electron chi connectivity index (χ0n) is 16.5. The van der Waals surface area contributed by atoms with Crippen molar-refractivity contribution in [2.45, 2.75) is 18.8 Å². The molecule has 1 aromatic carbocycles. The van der Waals surface area contributed by atoms with Gasteiger partial charge in [0, 0.05) is 11.5 Å². The molecule has 0 aliphatic heterocycles. The maximum absolute atomic E-state index is 12.7. The summed E-state index contributed by atoms with van der Waals surface area (Å²) in [7, 11) is 1.63. The molecule has 0 atom stereocenters. The van der Waals surface area contributed by atoms with Crippen LogP contribution in [0.1, 0.15) is 24.3 Å². The van der Waals surface area contributed by atoms with Crippen LogP contribution in [0.3, 0.4) is 0 Å². The topological polar surface area (TPSA) is 107 Å². The Bertz CT molecular complexity index is 1270. The highest BCUT2D eigenvalue weighted by atomic mass is 35.5. The van der Waals surface area contributed by atoms with Gasteiger partial charge in [0.15, 0.2) is 5.82 Å². The Morgan fingerprint density at radius 1 is 1.13 bits per heavy atom. The number of aromatic nitrogens is 5. The first-order chi connectivity index (χ1) is 15.1. The van der Waals surface area contributed by atoms with Crippen molar-refractivity contribution in [3.8, 4) is 11.6 Å². The van der Waals surface area contributed by atoms with E-state index in [9.17, 15) is 4.79 Å². The van der Waals surface area contributed by atoms with E-state index in [4.69, 9.17) is 16.3 Å². The van der Waals surface area contributed by atoms with Gasteiger partial charge >= 0.3 is 6.03 Å². The van der Waals surface area contributed by atoms with Crippen LogP contribution in [-0.4, -0.2) is 38.1 Å². The Balaban J connectivity index is 1.38. The number of urea groups is 1. The fourth-order valence-electron chi connectivity index (χ4n) is 3.49. The van der Waals surface area contributed by atoms with Gasteiger partial charge in [0.25, 0.3) is 0 Å². The molecule has 1 aliphatic rings. The Labute approximate surface area is 182 Å². The van der Waals surface area contributed by atoms with Crippen LogP contribution in [0.2, 0.25) is 5.02 Å². The number of fused-ring (bicyclic) bond motifs is 1. The molecule has 3 aromatic heterocycles. The van der Waals surface area contributed by atoms with E-state index in [2.05, 4.69) is 30.8 Å². The lowest BCUT2D eigenvalue weighted by molar-refractivity contribution is 0.262. The lowest BCUT2D eigenvalue weighted by Crippen LogP contribution is -2.20. The molecule has 0 saturated heterocycles. The number of benzene rings is 1. The van der Waals surface area contributed by atoms with Gasteiger partial charge in [-0.25, -0.2) is 9.78 Å². The van der Waals surface area contributed by atoms with Crippen LogP contribution in [0.5, 0.6) is 5.75 Å². The zero-order valence-corrected chi connectivity index (χ0v) is 17.3. The second kappa shape index (κ2) is 7.84. The van der Waals surface area contributed by atoms with E-state index in [0.29, 0.717) is 28.1 Å². The van der Waals surface area contributed by atoms with Gasteiger partial charge in [-0.3, -0.25) is 4.98 Å². The van der Waals surface area contributed by atoms with Gasteiger partial charge in [-0.1, -0.05) is 11.6 Å². The Kier molecular flexibility index (Phi) is 4.87. The van der Waals surface area contributed by atoms with Gasteiger partial charge in [-0.2, -0.15) is 10.2 Å². The average molecular weight is 436 g/mol. The predicted octanol–water partition coefficient (Wildman–Crippen LogP) is 4.39. The summed E-state index contributed by atoms with van der Waals surface area (Å²) in [5.74, 6) is 1.53. The summed E-state index contributed by atoms with van der Waals surface area (Å²) in [4.78, 5) is 22.7.